The first-order valence-corrected chi connectivity index (χ1v) is 12.6. The van der Waals surface area contributed by atoms with E-state index in [1.807, 2.05) is 55.6 Å². The summed E-state index contributed by atoms with van der Waals surface area (Å²) in [5.74, 6) is -0.120. The highest BCUT2D eigenvalue weighted by atomic mass is 32.2. The number of benzene rings is 3. The lowest BCUT2D eigenvalue weighted by Crippen LogP contribution is -2.30. The highest BCUT2D eigenvalue weighted by molar-refractivity contribution is 7.88. The Bertz CT molecular complexity index is 1380. The molecule has 0 spiro atoms. The predicted molar refractivity (Wildman–Crippen MR) is 131 cm³/mol. The Labute approximate surface area is 198 Å². The van der Waals surface area contributed by atoms with Gasteiger partial charge in [-0.3, -0.25) is 0 Å². The van der Waals surface area contributed by atoms with Crippen LogP contribution in [0.2, 0.25) is 0 Å². The zero-order chi connectivity index (χ0) is 24.1. The van der Waals surface area contributed by atoms with Crippen molar-refractivity contribution in [3.05, 3.63) is 95.4 Å². The smallest absolute Gasteiger partial charge is 0.215 e. The van der Waals surface area contributed by atoms with E-state index in [2.05, 4.69) is 9.71 Å². The molecule has 1 aromatic heterocycles. The molecule has 0 saturated carbocycles. The monoisotopic (exact) mass is 482 g/mol. The van der Waals surface area contributed by atoms with Crippen LogP contribution in [0.5, 0.6) is 11.5 Å². The first-order valence-electron chi connectivity index (χ1n) is 11.0. The van der Waals surface area contributed by atoms with Gasteiger partial charge < -0.3 is 14.5 Å². The van der Waals surface area contributed by atoms with Gasteiger partial charge in [-0.15, -0.1) is 0 Å². The minimum atomic E-state index is -3.79. The molecule has 0 aliphatic heterocycles. The van der Waals surface area contributed by atoms with Crippen LogP contribution in [-0.4, -0.2) is 33.7 Å². The summed E-state index contributed by atoms with van der Waals surface area (Å²) in [6, 6.07) is 19.3. The van der Waals surface area contributed by atoms with E-state index in [4.69, 9.17) is 9.47 Å². The third kappa shape index (κ3) is 5.24. The van der Waals surface area contributed by atoms with Crippen LogP contribution in [0.25, 0.3) is 10.9 Å². The Balaban J connectivity index is 1.68. The summed E-state index contributed by atoms with van der Waals surface area (Å²) in [4.78, 5) is 3.26. The van der Waals surface area contributed by atoms with Crippen molar-refractivity contribution in [1.29, 1.82) is 0 Å². The van der Waals surface area contributed by atoms with E-state index in [0.29, 0.717) is 18.1 Å². The number of methoxy groups -OCH3 is 1. The molecule has 0 amide bonds. The number of fused-ring (bicyclic) bond motifs is 1. The number of sulfonamides is 1. The molecule has 0 aliphatic rings. The average molecular weight is 483 g/mol. The number of para-hydroxylation sites is 1. The summed E-state index contributed by atoms with van der Waals surface area (Å²) in [6.07, 6.45) is 1.89. The second-order valence-electron chi connectivity index (χ2n) is 7.88. The Morgan fingerprint density at radius 1 is 1.03 bits per heavy atom. The molecule has 0 fully saturated rings. The number of aromatic amines is 1. The van der Waals surface area contributed by atoms with Gasteiger partial charge in [0.05, 0.1) is 19.5 Å². The van der Waals surface area contributed by atoms with Gasteiger partial charge in [-0.2, -0.15) is 0 Å². The SMILES string of the molecule is CCOc1ccc(C(CNS(=O)(=O)Cc2ccccc2F)c2c[nH]c3ccccc23)cc1OC. The number of hydrogen-bond acceptors (Lipinski definition) is 4. The van der Waals surface area contributed by atoms with Crippen LogP contribution in [0.3, 0.4) is 0 Å². The van der Waals surface area contributed by atoms with Gasteiger partial charge in [0.25, 0.3) is 0 Å². The number of aromatic nitrogens is 1. The van der Waals surface area contributed by atoms with Gasteiger partial charge in [-0.25, -0.2) is 17.5 Å². The van der Waals surface area contributed by atoms with E-state index in [1.165, 1.54) is 18.2 Å². The number of H-pyrrole nitrogens is 1. The summed E-state index contributed by atoms with van der Waals surface area (Å²) >= 11 is 0. The van der Waals surface area contributed by atoms with Crippen molar-refractivity contribution in [2.75, 3.05) is 20.3 Å². The fourth-order valence-corrected chi connectivity index (χ4v) is 5.21. The third-order valence-electron chi connectivity index (χ3n) is 5.70. The lowest BCUT2D eigenvalue weighted by atomic mass is 9.91. The molecule has 1 heterocycles. The zero-order valence-corrected chi connectivity index (χ0v) is 19.9. The summed E-state index contributed by atoms with van der Waals surface area (Å²) in [5.41, 5.74) is 2.88. The van der Waals surface area contributed by atoms with Gasteiger partial charge in [-0.05, 0) is 42.3 Å². The van der Waals surface area contributed by atoms with E-state index >= 15 is 0 Å². The first-order chi connectivity index (χ1) is 16.4. The van der Waals surface area contributed by atoms with E-state index in [1.54, 1.807) is 13.2 Å². The minimum Gasteiger partial charge on any atom is -0.493 e. The van der Waals surface area contributed by atoms with Crippen molar-refractivity contribution in [2.45, 2.75) is 18.6 Å². The predicted octanol–water partition coefficient (Wildman–Crippen LogP) is 4.97. The summed E-state index contributed by atoms with van der Waals surface area (Å²) in [5, 5.41) is 0.994. The molecule has 0 radical (unpaired) electrons. The van der Waals surface area contributed by atoms with Gasteiger partial charge in [0, 0.05) is 35.1 Å². The molecule has 0 saturated heterocycles. The number of hydrogen-bond donors (Lipinski definition) is 2. The standard InChI is InChI=1S/C26H27FN2O4S/c1-3-33-25-13-12-18(14-26(25)32-2)21(22-15-28-24-11-7-5-9-20(22)24)16-29-34(30,31)17-19-8-4-6-10-23(19)27/h4-15,21,28-29H,3,16-17H2,1-2H3. The second kappa shape index (κ2) is 10.3. The number of ether oxygens (including phenoxy) is 2. The largest absolute Gasteiger partial charge is 0.493 e. The first kappa shape index (κ1) is 23.8. The molecule has 8 heteroatoms. The van der Waals surface area contributed by atoms with Gasteiger partial charge in [0.2, 0.25) is 10.0 Å². The van der Waals surface area contributed by atoms with Crippen molar-refractivity contribution < 1.29 is 22.3 Å². The fourth-order valence-electron chi connectivity index (χ4n) is 4.05. The van der Waals surface area contributed by atoms with Crippen LogP contribution in [-0.2, 0) is 15.8 Å². The number of rotatable bonds is 10. The normalized spacial score (nSPS) is 12.6. The molecule has 4 aromatic rings. The maximum atomic E-state index is 14.0. The van der Waals surface area contributed by atoms with Gasteiger partial charge in [0.15, 0.2) is 11.5 Å². The molecule has 4 rings (SSSR count). The highest BCUT2D eigenvalue weighted by Gasteiger charge is 2.23. The highest BCUT2D eigenvalue weighted by Crippen LogP contribution is 2.36. The minimum absolute atomic E-state index is 0.0930. The van der Waals surface area contributed by atoms with Crippen molar-refractivity contribution >= 4 is 20.9 Å². The summed E-state index contributed by atoms with van der Waals surface area (Å²) in [6.45, 7) is 2.49. The van der Waals surface area contributed by atoms with E-state index < -0.39 is 21.6 Å². The van der Waals surface area contributed by atoms with Crippen LogP contribution in [0.15, 0.2) is 72.9 Å². The van der Waals surface area contributed by atoms with Crippen molar-refractivity contribution in [3.8, 4) is 11.5 Å². The fraction of sp³-hybridized carbons (Fsp3) is 0.231. The molecule has 1 unspecified atom stereocenters. The maximum absolute atomic E-state index is 14.0. The molecule has 0 bridgehead atoms. The zero-order valence-electron chi connectivity index (χ0n) is 19.0. The molecule has 0 aliphatic carbocycles. The lowest BCUT2D eigenvalue weighted by molar-refractivity contribution is 0.310. The van der Waals surface area contributed by atoms with Crippen molar-refractivity contribution in [1.82, 2.24) is 9.71 Å². The van der Waals surface area contributed by atoms with E-state index in [9.17, 15) is 12.8 Å². The lowest BCUT2D eigenvalue weighted by Gasteiger charge is -2.20. The molecule has 1 atom stereocenters. The van der Waals surface area contributed by atoms with Crippen LogP contribution in [0, 0.1) is 5.82 Å². The summed E-state index contributed by atoms with van der Waals surface area (Å²) in [7, 11) is -2.22. The molecule has 3 aromatic carbocycles. The van der Waals surface area contributed by atoms with Crippen molar-refractivity contribution in [2.24, 2.45) is 0 Å². The topological polar surface area (TPSA) is 80.4 Å². The van der Waals surface area contributed by atoms with Gasteiger partial charge in [0.1, 0.15) is 5.82 Å². The van der Waals surface area contributed by atoms with E-state index in [0.717, 1.165) is 22.0 Å². The Morgan fingerprint density at radius 3 is 2.56 bits per heavy atom. The van der Waals surface area contributed by atoms with Crippen LogP contribution in [0.4, 0.5) is 4.39 Å². The molecular weight excluding hydrogens is 455 g/mol. The number of halogens is 1. The molecule has 34 heavy (non-hydrogen) atoms. The molecule has 2 N–H and O–H groups in total. The van der Waals surface area contributed by atoms with Gasteiger partial charge in [-0.1, -0.05) is 42.5 Å². The van der Waals surface area contributed by atoms with E-state index in [-0.39, 0.29) is 18.0 Å². The number of nitrogens with one attached hydrogen (secondary N) is 2. The Hall–Kier alpha value is -3.36. The average Bonchev–Trinajstić information content (AvgIpc) is 3.25. The van der Waals surface area contributed by atoms with Gasteiger partial charge >= 0.3 is 0 Å². The Morgan fingerprint density at radius 2 is 1.79 bits per heavy atom. The molecular formula is C26H27FN2O4S. The Kier molecular flexibility index (Phi) is 7.19. The van der Waals surface area contributed by atoms with Crippen LogP contribution in [0.1, 0.15) is 29.5 Å². The maximum Gasteiger partial charge on any atom is 0.215 e. The molecule has 178 valence electrons. The van der Waals surface area contributed by atoms with Crippen LogP contribution >= 0.6 is 0 Å². The van der Waals surface area contributed by atoms with Crippen LogP contribution < -0.4 is 14.2 Å². The third-order valence-corrected chi connectivity index (χ3v) is 6.99. The summed E-state index contributed by atoms with van der Waals surface area (Å²) < 4.78 is 53.6. The second-order valence-corrected chi connectivity index (χ2v) is 9.69. The molecule has 6 nitrogen and oxygen atoms in total. The quantitative estimate of drug-likeness (QED) is 0.335. The van der Waals surface area contributed by atoms with Crippen molar-refractivity contribution in [3.63, 3.8) is 0 Å².